The lowest BCUT2D eigenvalue weighted by Gasteiger charge is -2.16. The predicted octanol–water partition coefficient (Wildman–Crippen LogP) is 5.87. The van der Waals surface area contributed by atoms with Crippen molar-refractivity contribution >= 4 is 34.8 Å². The third-order valence-corrected chi connectivity index (χ3v) is 5.16. The maximum Gasteiger partial charge on any atom is 0.291 e. The van der Waals surface area contributed by atoms with Crippen LogP contribution in [0, 0.1) is 6.92 Å². The van der Waals surface area contributed by atoms with Crippen molar-refractivity contribution in [2.75, 3.05) is 10.6 Å². The Kier molecular flexibility index (Phi) is 6.39. The molecule has 29 heavy (non-hydrogen) atoms. The van der Waals surface area contributed by atoms with Crippen LogP contribution >= 0.6 is 11.6 Å². The molecule has 0 radical (unpaired) electrons. The van der Waals surface area contributed by atoms with Gasteiger partial charge in [0.2, 0.25) is 0 Å². The van der Waals surface area contributed by atoms with E-state index in [0.29, 0.717) is 22.7 Å². The first-order valence-corrected chi connectivity index (χ1v) is 9.89. The lowest BCUT2D eigenvalue weighted by Crippen LogP contribution is -2.17. The van der Waals surface area contributed by atoms with Crippen LogP contribution in [0.2, 0.25) is 5.02 Å². The molecule has 3 rings (SSSR count). The number of halogens is 1. The Hall–Kier alpha value is -3.05. The molecule has 3 aromatic rings. The van der Waals surface area contributed by atoms with Crippen molar-refractivity contribution in [3.8, 4) is 0 Å². The lowest BCUT2D eigenvalue weighted by atomic mass is 10.0. The van der Waals surface area contributed by atoms with Crippen LogP contribution in [-0.4, -0.2) is 11.8 Å². The van der Waals surface area contributed by atoms with Gasteiger partial charge < -0.3 is 15.1 Å². The molecule has 6 heteroatoms. The molecule has 0 atom stereocenters. The van der Waals surface area contributed by atoms with Gasteiger partial charge in [0.1, 0.15) is 0 Å². The maximum absolute atomic E-state index is 13.0. The molecule has 0 aliphatic carbocycles. The zero-order chi connectivity index (χ0) is 21.0. The highest BCUT2D eigenvalue weighted by Crippen LogP contribution is 2.30. The van der Waals surface area contributed by atoms with E-state index in [4.69, 9.17) is 16.0 Å². The molecule has 2 N–H and O–H groups in total. The van der Waals surface area contributed by atoms with Gasteiger partial charge in [-0.2, -0.15) is 0 Å². The van der Waals surface area contributed by atoms with Gasteiger partial charge >= 0.3 is 0 Å². The van der Waals surface area contributed by atoms with Crippen LogP contribution in [0.4, 0.5) is 11.4 Å². The van der Waals surface area contributed by atoms with Crippen LogP contribution in [0.1, 0.15) is 51.5 Å². The summed E-state index contributed by atoms with van der Waals surface area (Å²) in [6.45, 7) is 5.90. The van der Waals surface area contributed by atoms with E-state index in [2.05, 4.69) is 10.6 Å². The molecule has 0 unspecified atom stereocenters. The van der Waals surface area contributed by atoms with E-state index in [9.17, 15) is 9.59 Å². The average Bonchev–Trinajstić information content (AvgIpc) is 3.25. The van der Waals surface area contributed by atoms with Crippen LogP contribution in [0.3, 0.4) is 0 Å². The summed E-state index contributed by atoms with van der Waals surface area (Å²) in [5.74, 6) is -0.421. The van der Waals surface area contributed by atoms with Gasteiger partial charge in [0.05, 0.1) is 6.26 Å². The highest BCUT2D eigenvalue weighted by molar-refractivity contribution is 6.32. The van der Waals surface area contributed by atoms with Crippen molar-refractivity contribution in [1.82, 2.24) is 0 Å². The number of furan rings is 1. The number of rotatable bonds is 6. The molecular formula is C23H23ClN2O3. The third kappa shape index (κ3) is 4.51. The fraction of sp³-hybridized carbons (Fsp3) is 0.217. The topological polar surface area (TPSA) is 71.3 Å². The molecular weight excluding hydrogens is 388 g/mol. The molecule has 0 spiro atoms. The number of amides is 2. The van der Waals surface area contributed by atoms with Crippen molar-refractivity contribution in [3.63, 3.8) is 0 Å². The van der Waals surface area contributed by atoms with Crippen molar-refractivity contribution < 1.29 is 14.0 Å². The normalized spacial score (nSPS) is 10.6. The largest absolute Gasteiger partial charge is 0.459 e. The van der Waals surface area contributed by atoms with Gasteiger partial charge in [-0.25, -0.2) is 0 Å². The van der Waals surface area contributed by atoms with Gasteiger partial charge in [0, 0.05) is 22.0 Å². The van der Waals surface area contributed by atoms with Gasteiger partial charge in [0.15, 0.2) is 5.76 Å². The monoisotopic (exact) mass is 410 g/mol. The summed E-state index contributed by atoms with van der Waals surface area (Å²) >= 11 is 6.33. The Bertz CT molecular complexity index is 1040. The van der Waals surface area contributed by atoms with Gasteiger partial charge in [-0.05, 0) is 66.8 Å². The van der Waals surface area contributed by atoms with E-state index in [1.165, 1.54) is 6.26 Å². The Balaban J connectivity index is 1.87. The minimum Gasteiger partial charge on any atom is -0.459 e. The summed E-state index contributed by atoms with van der Waals surface area (Å²) in [5.41, 5.74) is 4.53. The first-order chi connectivity index (χ1) is 13.9. The van der Waals surface area contributed by atoms with Crippen LogP contribution in [0.25, 0.3) is 0 Å². The third-order valence-electron chi connectivity index (χ3n) is 4.81. The van der Waals surface area contributed by atoms with E-state index >= 15 is 0 Å². The second-order valence-corrected chi connectivity index (χ2v) is 7.09. The molecule has 1 aromatic heterocycles. The second-order valence-electron chi connectivity index (χ2n) is 6.68. The van der Waals surface area contributed by atoms with Crippen molar-refractivity contribution in [2.45, 2.75) is 33.6 Å². The fourth-order valence-corrected chi connectivity index (χ4v) is 3.43. The molecule has 2 amide bonds. The minimum atomic E-state index is -0.368. The molecule has 0 saturated carbocycles. The van der Waals surface area contributed by atoms with E-state index in [1.54, 1.807) is 30.3 Å². The number of hydrogen-bond acceptors (Lipinski definition) is 3. The van der Waals surface area contributed by atoms with Crippen LogP contribution < -0.4 is 10.6 Å². The first-order valence-electron chi connectivity index (χ1n) is 9.51. The molecule has 1 heterocycles. The summed E-state index contributed by atoms with van der Waals surface area (Å²) in [7, 11) is 0. The number of hydrogen-bond donors (Lipinski definition) is 2. The van der Waals surface area contributed by atoms with Gasteiger partial charge in [-0.15, -0.1) is 0 Å². The Morgan fingerprint density at radius 2 is 1.79 bits per heavy atom. The zero-order valence-corrected chi connectivity index (χ0v) is 17.4. The Morgan fingerprint density at radius 3 is 2.45 bits per heavy atom. The van der Waals surface area contributed by atoms with E-state index in [-0.39, 0.29) is 17.6 Å². The first kappa shape index (κ1) is 20.7. The molecule has 0 fully saturated rings. The summed E-state index contributed by atoms with van der Waals surface area (Å²) in [6.07, 6.45) is 2.92. The smallest absolute Gasteiger partial charge is 0.291 e. The quantitative estimate of drug-likeness (QED) is 0.533. The van der Waals surface area contributed by atoms with Crippen LogP contribution in [0.15, 0.2) is 53.1 Å². The highest BCUT2D eigenvalue weighted by Gasteiger charge is 2.16. The van der Waals surface area contributed by atoms with Gasteiger partial charge in [-0.3, -0.25) is 9.59 Å². The molecule has 2 aromatic carbocycles. The standard InChI is InChI=1S/C23H23ClN2O3/c1-4-15-10-11-18(24)17(5-2)21(15)26-22(27)16-9-8-14(3)19(13-16)25-23(28)20-7-6-12-29-20/h6-13H,4-5H2,1-3H3,(H,25,28)(H,26,27). The molecule has 0 saturated heterocycles. The van der Waals surface area contributed by atoms with Gasteiger partial charge in [0.25, 0.3) is 11.8 Å². The average molecular weight is 411 g/mol. The van der Waals surface area contributed by atoms with Crippen LogP contribution in [-0.2, 0) is 12.8 Å². The number of carbonyl (C=O) groups excluding carboxylic acids is 2. The van der Waals surface area contributed by atoms with Crippen molar-refractivity contribution in [1.29, 1.82) is 0 Å². The zero-order valence-electron chi connectivity index (χ0n) is 16.6. The molecule has 0 bridgehead atoms. The number of anilines is 2. The summed E-state index contributed by atoms with van der Waals surface area (Å²) in [6, 6.07) is 12.2. The number of benzene rings is 2. The predicted molar refractivity (Wildman–Crippen MR) is 116 cm³/mol. The van der Waals surface area contributed by atoms with Crippen molar-refractivity contribution in [2.24, 2.45) is 0 Å². The SMILES string of the molecule is CCc1ccc(Cl)c(CC)c1NC(=O)c1ccc(C)c(NC(=O)c2ccco2)c1. The number of carbonyl (C=O) groups is 2. The maximum atomic E-state index is 13.0. The van der Waals surface area contributed by atoms with Crippen molar-refractivity contribution in [3.05, 3.63) is 81.8 Å². The fourth-order valence-electron chi connectivity index (χ4n) is 3.14. The summed E-state index contributed by atoms with van der Waals surface area (Å²) < 4.78 is 5.12. The van der Waals surface area contributed by atoms with E-state index < -0.39 is 0 Å². The molecule has 0 aliphatic rings. The summed E-state index contributed by atoms with van der Waals surface area (Å²) in [5, 5.41) is 6.44. The lowest BCUT2D eigenvalue weighted by molar-refractivity contribution is 0.0993. The van der Waals surface area contributed by atoms with Crippen LogP contribution in [0.5, 0.6) is 0 Å². The molecule has 5 nitrogen and oxygen atoms in total. The van der Waals surface area contributed by atoms with E-state index in [0.717, 1.165) is 28.8 Å². The molecule has 0 aliphatic heterocycles. The Labute approximate surface area is 175 Å². The number of aryl methyl sites for hydroxylation is 2. The highest BCUT2D eigenvalue weighted by atomic mass is 35.5. The minimum absolute atomic E-state index is 0.207. The summed E-state index contributed by atoms with van der Waals surface area (Å²) in [4.78, 5) is 25.2. The van der Waals surface area contributed by atoms with E-state index in [1.807, 2.05) is 32.9 Å². The number of nitrogens with one attached hydrogen (secondary N) is 2. The Morgan fingerprint density at radius 1 is 1.00 bits per heavy atom. The second kappa shape index (κ2) is 8.97. The van der Waals surface area contributed by atoms with Gasteiger partial charge in [-0.1, -0.05) is 37.6 Å². The molecule has 150 valence electrons.